The zero-order valence-electron chi connectivity index (χ0n) is 27.3. The number of nitrogens with one attached hydrogen (secondary N) is 2. The summed E-state index contributed by atoms with van der Waals surface area (Å²) >= 11 is 0. The molecule has 12 heteroatoms. The number of esters is 1. The number of benzene rings is 4. The number of oxime groups is 1. The second kappa shape index (κ2) is 16.1. The maximum absolute atomic E-state index is 13.3. The van der Waals surface area contributed by atoms with Crippen LogP contribution in [-0.4, -0.2) is 51.7 Å². The molecule has 0 fully saturated rings. The lowest BCUT2D eigenvalue weighted by Crippen LogP contribution is -2.43. The molecule has 0 spiro atoms. The number of aryl methyl sites for hydroxylation is 3. The average Bonchev–Trinajstić information content (AvgIpc) is 3.46. The highest BCUT2D eigenvalue weighted by Gasteiger charge is 2.23. The number of nitrogens with zero attached hydrogens (tertiary/aromatic N) is 3. The van der Waals surface area contributed by atoms with Gasteiger partial charge in [0.05, 0.1) is 18.1 Å². The molecule has 2 amide bonds. The van der Waals surface area contributed by atoms with E-state index in [2.05, 4.69) is 15.8 Å². The fraction of sp³-hybridized carbons (Fsp3) is 0.216. The van der Waals surface area contributed by atoms with Crippen LogP contribution in [0.2, 0.25) is 0 Å². The maximum atomic E-state index is 13.3. The van der Waals surface area contributed by atoms with Crippen molar-refractivity contribution in [2.24, 2.45) is 17.9 Å². The van der Waals surface area contributed by atoms with Gasteiger partial charge in [0.1, 0.15) is 18.5 Å². The van der Waals surface area contributed by atoms with Crippen LogP contribution in [0.1, 0.15) is 44.0 Å². The lowest BCUT2D eigenvalue weighted by Gasteiger charge is -2.17. The first-order valence-corrected chi connectivity index (χ1v) is 15.7. The number of rotatable bonds is 13. The van der Waals surface area contributed by atoms with Gasteiger partial charge in [0.15, 0.2) is 5.84 Å². The van der Waals surface area contributed by atoms with Gasteiger partial charge in [-0.25, -0.2) is 14.6 Å². The van der Waals surface area contributed by atoms with Crippen LogP contribution in [0.3, 0.4) is 0 Å². The topological polar surface area (TPSA) is 170 Å². The minimum Gasteiger partial charge on any atom is -0.467 e. The fourth-order valence-electron chi connectivity index (χ4n) is 5.32. The quantitative estimate of drug-likeness (QED) is 0.0473. The first-order chi connectivity index (χ1) is 23.7. The number of nitrogens with two attached hydrogens (primary N) is 1. The smallest absolute Gasteiger partial charge is 0.407 e. The highest BCUT2D eigenvalue weighted by molar-refractivity contribution is 5.99. The van der Waals surface area contributed by atoms with Gasteiger partial charge in [-0.1, -0.05) is 84.0 Å². The molecule has 5 aromatic rings. The molecule has 0 bridgehead atoms. The number of amides is 2. The lowest BCUT2D eigenvalue weighted by atomic mass is 10.0. The van der Waals surface area contributed by atoms with E-state index in [0.29, 0.717) is 23.1 Å². The standard InChI is InChI=1S/C37H38N6O6/c1-43-32-18-17-29(21-30(32)40-33(43)19-14-24-12-15-28(16-13-24)34(38)42-47)35(44)41-31(36(45)48-2)20-25-8-10-26(11-9-25)22-39-37(46)49-23-27-6-4-3-5-7-27/h3-13,15-18,21,31,47H,14,19-20,22-23H2,1-2H3,(H2,38,42)(H,39,46)(H,41,44). The Kier molecular flexibility index (Phi) is 11.2. The third-order valence-electron chi connectivity index (χ3n) is 8.13. The first kappa shape index (κ1) is 34.2. The van der Waals surface area contributed by atoms with Crippen molar-refractivity contribution >= 4 is 34.8 Å². The van der Waals surface area contributed by atoms with Gasteiger partial charge in [-0.05, 0) is 46.9 Å². The Morgan fingerprint density at radius 3 is 2.24 bits per heavy atom. The summed E-state index contributed by atoms with van der Waals surface area (Å²) < 4.78 is 12.2. The molecule has 4 aromatic carbocycles. The van der Waals surface area contributed by atoms with Crippen LogP contribution >= 0.6 is 0 Å². The molecule has 1 aromatic heterocycles. The molecule has 5 rings (SSSR count). The Labute approximate surface area is 283 Å². The number of ether oxygens (including phenoxy) is 2. The molecular weight excluding hydrogens is 624 g/mol. The van der Waals surface area contributed by atoms with Gasteiger partial charge in [-0.3, -0.25) is 4.79 Å². The van der Waals surface area contributed by atoms with Crippen LogP contribution in [-0.2, 0) is 53.7 Å². The normalized spacial score (nSPS) is 11.9. The predicted molar refractivity (Wildman–Crippen MR) is 184 cm³/mol. The summed E-state index contributed by atoms with van der Waals surface area (Å²) in [5, 5.41) is 17.4. The number of hydrogen-bond acceptors (Lipinski definition) is 8. The van der Waals surface area contributed by atoms with E-state index in [4.69, 9.17) is 25.4 Å². The molecule has 12 nitrogen and oxygen atoms in total. The molecule has 49 heavy (non-hydrogen) atoms. The number of alkyl carbamates (subject to hydrolysis) is 1. The summed E-state index contributed by atoms with van der Waals surface area (Å²) in [4.78, 5) is 42.9. The number of hydrogen-bond donors (Lipinski definition) is 4. The third kappa shape index (κ3) is 9.01. The molecule has 0 aliphatic heterocycles. The summed E-state index contributed by atoms with van der Waals surface area (Å²) in [6, 6.07) is 28.5. The lowest BCUT2D eigenvalue weighted by molar-refractivity contribution is -0.142. The van der Waals surface area contributed by atoms with Crippen molar-refractivity contribution in [2.45, 2.75) is 38.5 Å². The number of imidazole rings is 1. The number of carbonyl (C=O) groups is 3. The van der Waals surface area contributed by atoms with Gasteiger partial charge in [0.25, 0.3) is 5.91 Å². The van der Waals surface area contributed by atoms with Crippen molar-refractivity contribution in [3.05, 3.63) is 136 Å². The number of amidine groups is 1. The SMILES string of the molecule is COC(=O)C(Cc1ccc(CNC(=O)OCc2ccccc2)cc1)NC(=O)c1ccc2c(c1)nc(CCc1ccc(C(N)=NO)cc1)n2C. The molecule has 0 saturated carbocycles. The predicted octanol–water partition coefficient (Wildman–Crippen LogP) is 4.39. The van der Waals surface area contributed by atoms with Crippen LogP contribution in [0.25, 0.3) is 11.0 Å². The monoisotopic (exact) mass is 662 g/mol. The number of aromatic nitrogens is 2. The van der Waals surface area contributed by atoms with Crippen LogP contribution in [0.5, 0.6) is 0 Å². The molecular formula is C37H38N6O6. The maximum Gasteiger partial charge on any atom is 0.407 e. The summed E-state index contributed by atoms with van der Waals surface area (Å²) in [5.74, 6) is -0.0900. The molecule has 1 heterocycles. The van der Waals surface area contributed by atoms with Crippen LogP contribution in [0.15, 0.2) is 102 Å². The van der Waals surface area contributed by atoms with Gasteiger partial charge in [0.2, 0.25) is 0 Å². The van der Waals surface area contributed by atoms with Crippen molar-refractivity contribution in [2.75, 3.05) is 7.11 Å². The molecule has 0 aliphatic carbocycles. The number of fused-ring (bicyclic) bond motifs is 1. The van der Waals surface area contributed by atoms with Gasteiger partial charge in [-0.2, -0.15) is 0 Å². The summed E-state index contributed by atoms with van der Waals surface area (Å²) in [5.41, 5.74) is 11.8. The van der Waals surface area contributed by atoms with E-state index in [1.165, 1.54) is 7.11 Å². The van der Waals surface area contributed by atoms with Crippen LogP contribution < -0.4 is 16.4 Å². The largest absolute Gasteiger partial charge is 0.467 e. The van der Waals surface area contributed by atoms with E-state index in [0.717, 1.165) is 40.0 Å². The van der Waals surface area contributed by atoms with Crippen molar-refractivity contribution in [3.63, 3.8) is 0 Å². The van der Waals surface area contributed by atoms with Gasteiger partial charge < -0.3 is 35.6 Å². The summed E-state index contributed by atoms with van der Waals surface area (Å²) in [6.07, 6.45) is 1.07. The van der Waals surface area contributed by atoms with E-state index >= 15 is 0 Å². The van der Waals surface area contributed by atoms with E-state index in [1.54, 1.807) is 24.3 Å². The van der Waals surface area contributed by atoms with Gasteiger partial charge in [-0.15, -0.1) is 0 Å². The molecule has 0 aliphatic rings. The Balaban J connectivity index is 1.17. The minimum absolute atomic E-state index is 0.0543. The third-order valence-corrected chi connectivity index (χ3v) is 8.13. The Bertz CT molecular complexity index is 1940. The first-order valence-electron chi connectivity index (χ1n) is 15.7. The van der Waals surface area contributed by atoms with Crippen LogP contribution in [0.4, 0.5) is 4.79 Å². The molecule has 1 unspecified atom stereocenters. The fourth-order valence-corrected chi connectivity index (χ4v) is 5.32. The Morgan fingerprint density at radius 1 is 0.878 bits per heavy atom. The van der Waals surface area contributed by atoms with Crippen molar-refractivity contribution in [1.29, 1.82) is 0 Å². The highest BCUT2D eigenvalue weighted by Crippen LogP contribution is 2.19. The number of methoxy groups -OCH3 is 1. The highest BCUT2D eigenvalue weighted by atomic mass is 16.5. The van der Waals surface area contributed by atoms with Gasteiger partial charge >= 0.3 is 12.1 Å². The molecule has 252 valence electrons. The zero-order valence-corrected chi connectivity index (χ0v) is 27.3. The van der Waals surface area contributed by atoms with E-state index in [1.807, 2.05) is 84.4 Å². The van der Waals surface area contributed by atoms with Gasteiger partial charge in [0, 0.05) is 37.6 Å². The summed E-state index contributed by atoms with van der Waals surface area (Å²) in [7, 11) is 3.21. The van der Waals surface area contributed by atoms with E-state index in [-0.39, 0.29) is 25.4 Å². The Morgan fingerprint density at radius 2 is 1.55 bits per heavy atom. The van der Waals surface area contributed by atoms with Crippen LogP contribution in [0, 0.1) is 0 Å². The Hall–Kier alpha value is -6.17. The minimum atomic E-state index is -0.921. The van der Waals surface area contributed by atoms with Crippen molar-refractivity contribution in [3.8, 4) is 0 Å². The molecule has 5 N–H and O–H groups in total. The van der Waals surface area contributed by atoms with Crippen molar-refractivity contribution < 1.29 is 29.1 Å². The van der Waals surface area contributed by atoms with E-state index in [9.17, 15) is 14.4 Å². The molecule has 1 atom stereocenters. The van der Waals surface area contributed by atoms with E-state index < -0.39 is 24.0 Å². The van der Waals surface area contributed by atoms with Crippen molar-refractivity contribution in [1.82, 2.24) is 20.2 Å². The average molecular weight is 663 g/mol. The zero-order chi connectivity index (χ0) is 34.8. The second-order valence-corrected chi connectivity index (χ2v) is 11.5. The second-order valence-electron chi connectivity index (χ2n) is 11.5. The molecule has 0 saturated heterocycles. The number of carbonyl (C=O) groups excluding carboxylic acids is 3. The summed E-state index contributed by atoms with van der Waals surface area (Å²) in [6.45, 7) is 0.451. The molecule has 0 radical (unpaired) electrons.